The highest BCUT2D eigenvalue weighted by Crippen LogP contribution is 2.37. The minimum atomic E-state index is -4.53. The van der Waals surface area contributed by atoms with Gasteiger partial charge in [-0.15, -0.1) is 0 Å². The SMILES string of the molecule is CCc1nc2cc(C(F)(F)F)c(Cl)cc2n1-c1ccc(CC(C)(C)O)cc1. The fourth-order valence-corrected chi connectivity index (χ4v) is 3.42. The first-order valence-electron chi connectivity index (χ1n) is 8.59. The molecule has 0 saturated carbocycles. The molecule has 0 atom stereocenters. The van der Waals surface area contributed by atoms with Crippen LogP contribution in [0.4, 0.5) is 13.2 Å². The van der Waals surface area contributed by atoms with Crippen LogP contribution in [-0.4, -0.2) is 20.3 Å². The molecule has 27 heavy (non-hydrogen) atoms. The van der Waals surface area contributed by atoms with Crippen molar-refractivity contribution < 1.29 is 18.3 Å². The van der Waals surface area contributed by atoms with Crippen molar-refractivity contribution in [1.29, 1.82) is 0 Å². The van der Waals surface area contributed by atoms with Gasteiger partial charge in [-0.05, 0) is 43.7 Å². The number of aryl methyl sites for hydroxylation is 1. The second-order valence-electron chi connectivity index (χ2n) is 7.19. The van der Waals surface area contributed by atoms with Crippen molar-refractivity contribution in [3.05, 3.63) is 58.4 Å². The molecule has 3 aromatic rings. The number of aromatic nitrogens is 2. The summed E-state index contributed by atoms with van der Waals surface area (Å²) in [7, 11) is 0. The summed E-state index contributed by atoms with van der Waals surface area (Å²) in [6.45, 7) is 5.37. The van der Waals surface area contributed by atoms with Gasteiger partial charge in [-0.2, -0.15) is 13.2 Å². The van der Waals surface area contributed by atoms with E-state index in [1.165, 1.54) is 6.07 Å². The summed E-state index contributed by atoms with van der Waals surface area (Å²) in [4.78, 5) is 4.37. The van der Waals surface area contributed by atoms with Gasteiger partial charge in [0.25, 0.3) is 0 Å². The molecule has 0 unspecified atom stereocenters. The van der Waals surface area contributed by atoms with Gasteiger partial charge in [0.2, 0.25) is 0 Å². The van der Waals surface area contributed by atoms with E-state index in [0.717, 1.165) is 17.3 Å². The summed E-state index contributed by atoms with van der Waals surface area (Å²) in [5.41, 5.74) is 0.823. The van der Waals surface area contributed by atoms with Crippen LogP contribution in [0.15, 0.2) is 36.4 Å². The quantitative estimate of drug-likeness (QED) is 0.625. The number of nitrogens with zero attached hydrogens (tertiary/aromatic N) is 2. The Morgan fingerprint density at radius 1 is 1.11 bits per heavy atom. The predicted octanol–water partition coefficient (Wildman–Crippen LogP) is 5.57. The zero-order valence-corrected chi connectivity index (χ0v) is 16.0. The third-order valence-electron chi connectivity index (χ3n) is 4.27. The van der Waals surface area contributed by atoms with Crippen molar-refractivity contribution in [2.75, 3.05) is 0 Å². The van der Waals surface area contributed by atoms with Crippen molar-refractivity contribution in [2.24, 2.45) is 0 Å². The summed E-state index contributed by atoms with van der Waals surface area (Å²) in [6.07, 6.45) is -3.47. The molecule has 144 valence electrons. The summed E-state index contributed by atoms with van der Waals surface area (Å²) < 4.78 is 41.2. The number of fused-ring (bicyclic) bond motifs is 1. The minimum absolute atomic E-state index is 0.254. The average molecular weight is 397 g/mol. The lowest BCUT2D eigenvalue weighted by Crippen LogP contribution is -2.21. The molecular formula is C20H20ClF3N2O. The lowest BCUT2D eigenvalue weighted by molar-refractivity contribution is -0.137. The van der Waals surface area contributed by atoms with Crippen LogP contribution in [0, 0.1) is 0 Å². The average Bonchev–Trinajstić information content (AvgIpc) is 2.90. The van der Waals surface area contributed by atoms with Crippen LogP contribution in [0.2, 0.25) is 5.02 Å². The Balaban J connectivity index is 2.12. The van der Waals surface area contributed by atoms with E-state index in [0.29, 0.717) is 24.2 Å². The van der Waals surface area contributed by atoms with Crippen molar-refractivity contribution >= 4 is 22.6 Å². The molecule has 1 aromatic heterocycles. The maximum Gasteiger partial charge on any atom is 0.417 e. The van der Waals surface area contributed by atoms with Gasteiger partial charge in [-0.3, -0.25) is 4.57 Å². The van der Waals surface area contributed by atoms with Crippen molar-refractivity contribution in [3.63, 3.8) is 0 Å². The topological polar surface area (TPSA) is 38.0 Å². The van der Waals surface area contributed by atoms with Crippen LogP contribution >= 0.6 is 11.6 Å². The van der Waals surface area contributed by atoms with E-state index in [1.807, 2.05) is 35.8 Å². The lowest BCUT2D eigenvalue weighted by Gasteiger charge is -2.17. The van der Waals surface area contributed by atoms with E-state index < -0.39 is 17.3 Å². The summed E-state index contributed by atoms with van der Waals surface area (Å²) in [6, 6.07) is 9.83. The van der Waals surface area contributed by atoms with E-state index in [1.54, 1.807) is 13.8 Å². The maximum atomic E-state index is 13.1. The summed E-state index contributed by atoms with van der Waals surface area (Å²) >= 11 is 5.91. The molecule has 1 heterocycles. The van der Waals surface area contributed by atoms with Gasteiger partial charge in [0.1, 0.15) is 5.82 Å². The number of hydrogen-bond donors (Lipinski definition) is 1. The smallest absolute Gasteiger partial charge is 0.390 e. The molecule has 2 aromatic carbocycles. The number of benzene rings is 2. The number of halogens is 4. The molecule has 7 heteroatoms. The Kier molecular flexibility index (Phi) is 4.99. The standard InChI is InChI=1S/C20H20ClF3N2O/c1-4-18-25-16-9-14(20(22,23)24)15(21)10-17(16)26(18)13-7-5-12(6-8-13)11-19(2,3)27/h5-10,27H,4,11H2,1-3H3. The Morgan fingerprint density at radius 3 is 2.26 bits per heavy atom. The monoisotopic (exact) mass is 396 g/mol. The molecule has 0 aliphatic rings. The minimum Gasteiger partial charge on any atom is -0.390 e. The molecule has 1 N–H and O–H groups in total. The lowest BCUT2D eigenvalue weighted by atomic mass is 9.98. The van der Waals surface area contributed by atoms with Crippen LogP contribution in [-0.2, 0) is 19.0 Å². The fraction of sp³-hybridized carbons (Fsp3) is 0.350. The Labute approximate surface area is 160 Å². The van der Waals surface area contributed by atoms with Crippen molar-refractivity contribution in [3.8, 4) is 5.69 Å². The molecule has 0 amide bonds. The van der Waals surface area contributed by atoms with Gasteiger partial charge in [0, 0.05) is 18.5 Å². The molecule has 0 saturated heterocycles. The zero-order chi connectivity index (χ0) is 20.0. The van der Waals surface area contributed by atoms with Crippen LogP contribution < -0.4 is 0 Å². The Morgan fingerprint density at radius 2 is 1.74 bits per heavy atom. The van der Waals surface area contributed by atoms with Crippen LogP contribution in [0.1, 0.15) is 37.7 Å². The highest BCUT2D eigenvalue weighted by molar-refractivity contribution is 6.32. The van der Waals surface area contributed by atoms with Gasteiger partial charge in [0.05, 0.1) is 27.2 Å². The van der Waals surface area contributed by atoms with Gasteiger partial charge in [0.15, 0.2) is 0 Å². The molecule has 0 aliphatic heterocycles. The first-order chi connectivity index (χ1) is 12.5. The second kappa shape index (κ2) is 6.84. The molecule has 3 nitrogen and oxygen atoms in total. The predicted molar refractivity (Wildman–Crippen MR) is 100 cm³/mol. The molecule has 0 aliphatic carbocycles. The van der Waals surface area contributed by atoms with E-state index in [-0.39, 0.29) is 10.5 Å². The first-order valence-corrected chi connectivity index (χ1v) is 8.97. The zero-order valence-electron chi connectivity index (χ0n) is 15.2. The normalized spacial score (nSPS) is 12.7. The summed E-state index contributed by atoms with van der Waals surface area (Å²) in [5, 5.41) is 9.60. The third-order valence-corrected chi connectivity index (χ3v) is 4.58. The second-order valence-corrected chi connectivity index (χ2v) is 7.60. The molecule has 0 spiro atoms. The largest absolute Gasteiger partial charge is 0.417 e. The van der Waals surface area contributed by atoms with Gasteiger partial charge in [-0.1, -0.05) is 30.7 Å². The number of aliphatic hydroxyl groups is 1. The van der Waals surface area contributed by atoms with Crippen LogP contribution in [0.25, 0.3) is 16.7 Å². The van der Waals surface area contributed by atoms with E-state index in [2.05, 4.69) is 4.98 Å². The molecule has 3 rings (SSSR count). The van der Waals surface area contributed by atoms with E-state index in [4.69, 9.17) is 11.6 Å². The number of alkyl halides is 3. The molecule has 0 fully saturated rings. The Hall–Kier alpha value is -2.05. The summed E-state index contributed by atoms with van der Waals surface area (Å²) in [5.74, 6) is 0.649. The highest BCUT2D eigenvalue weighted by Gasteiger charge is 2.34. The van der Waals surface area contributed by atoms with Gasteiger partial charge >= 0.3 is 6.18 Å². The van der Waals surface area contributed by atoms with Gasteiger partial charge < -0.3 is 5.11 Å². The number of rotatable bonds is 4. The number of hydrogen-bond acceptors (Lipinski definition) is 2. The van der Waals surface area contributed by atoms with Crippen molar-refractivity contribution in [2.45, 2.75) is 45.4 Å². The van der Waals surface area contributed by atoms with E-state index in [9.17, 15) is 18.3 Å². The third kappa shape index (κ3) is 4.12. The van der Waals surface area contributed by atoms with Crippen LogP contribution in [0.5, 0.6) is 0 Å². The van der Waals surface area contributed by atoms with Crippen molar-refractivity contribution in [1.82, 2.24) is 9.55 Å². The molecular weight excluding hydrogens is 377 g/mol. The first kappa shape index (κ1) is 19.7. The Bertz CT molecular complexity index is 970. The van der Waals surface area contributed by atoms with Crippen LogP contribution in [0.3, 0.4) is 0 Å². The fourth-order valence-electron chi connectivity index (χ4n) is 3.15. The maximum absolute atomic E-state index is 13.1. The van der Waals surface area contributed by atoms with Gasteiger partial charge in [-0.25, -0.2) is 4.98 Å². The molecule has 0 radical (unpaired) electrons. The van der Waals surface area contributed by atoms with E-state index >= 15 is 0 Å². The molecule has 0 bridgehead atoms. The highest BCUT2D eigenvalue weighted by atomic mass is 35.5. The number of imidazole rings is 1.